The zero-order valence-corrected chi connectivity index (χ0v) is 10.8. The molecule has 5 heteroatoms. The van der Waals surface area contributed by atoms with E-state index in [1.54, 1.807) is 0 Å². The summed E-state index contributed by atoms with van der Waals surface area (Å²) in [5.74, 6) is -0.728. The van der Waals surface area contributed by atoms with Crippen molar-refractivity contribution < 1.29 is 14.6 Å². The Kier molecular flexibility index (Phi) is 2.69. The third-order valence-electron chi connectivity index (χ3n) is 3.86. The molecule has 2 saturated heterocycles. The summed E-state index contributed by atoms with van der Waals surface area (Å²) in [5, 5.41) is 9.55. The molecule has 3 rings (SSSR count). The van der Waals surface area contributed by atoms with Gasteiger partial charge in [-0.25, -0.2) is 0 Å². The van der Waals surface area contributed by atoms with Crippen LogP contribution in [0.25, 0.3) is 0 Å². The van der Waals surface area contributed by atoms with Gasteiger partial charge >= 0.3 is 5.97 Å². The van der Waals surface area contributed by atoms with Crippen molar-refractivity contribution in [2.24, 2.45) is 5.41 Å². The van der Waals surface area contributed by atoms with Crippen LogP contribution in [0.4, 0.5) is 0 Å². The Labute approximate surface area is 108 Å². The smallest absolute Gasteiger partial charge is 0.312 e. The van der Waals surface area contributed by atoms with E-state index >= 15 is 0 Å². The van der Waals surface area contributed by atoms with Crippen LogP contribution in [0, 0.1) is 5.41 Å². The van der Waals surface area contributed by atoms with Crippen molar-refractivity contribution in [3.63, 3.8) is 0 Å². The topological polar surface area (TPSA) is 46.5 Å². The maximum atomic E-state index is 11.6. The molecule has 2 aliphatic heterocycles. The molecule has 2 bridgehead atoms. The lowest BCUT2D eigenvalue weighted by Gasteiger charge is -2.30. The third kappa shape index (κ3) is 1.79. The van der Waals surface area contributed by atoms with Gasteiger partial charge in [-0.2, -0.15) is 0 Å². The maximum Gasteiger partial charge on any atom is 0.312 e. The van der Waals surface area contributed by atoms with Crippen LogP contribution in [-0.2, 0) is 16.0 Å². The Morgan fingerprint density at radius 3 is 2.88 bits per heavy atom. The highest BCUT2D eigenvalue weighted by Crippen LogP contribution is 2.50. The van der Waals surface area contributed by atoms with Crippen molar-refractivity contribution in [3.05, 3.63) is 21.3 Å². The summed E-state index contributed by atoms with van der Waals surface area (Å²) in [6.07, 6.45) is 3.09. The minimum atomic E-state index is -0.728. The fraction of sp³-hybridized carbons (Fsp3) is 0.583. The molecule has 1 aromatic heterocycles. The van der Waals surface area contributed by atoms with Gasteiger partial charge in [0.2, 0.25) is 0 Å². The van der Waals surface area contributed by atoms with E-state index in [4.69, 9.17) is 16.3 Å². The molecule has 2 aliphatic rings. The summed E-state index contributed by atoms with van der Waals surface area (Å²) in [6.45, 7) is 0. The lowest BCUT2D eigenvalue weighted by atomic mass is 9.71. The fourth-order valence-corrected chi connectivity index (χ4v) is 4.26. The zero-order chi connectivity index (χ0) is 12.0. The van der Waals surface area contributed by atoms with E-state index in [9.17, 15) is 9.90 Å². The van der Waals surface area contributed by atoms with E-state index in [2.05, 4.69) is 0 Å². The molecule has 3 heterocycles. The summed E-state index contributed by atoms with van der Waals surface area (Å²) in [6, 6.07) is 3.74. The largest absolute Gasteiger partial charge is 0.481 e. The number of thiophene rings is 1. The Bertz CT molecular complexity index is 458. The number of hydrogen-bond acceptors (Lipinski definition) is 3. The summed E-state index contributed by atoms with van der Waals surface area (Å²) in [5.41, 5.74) is -0.725. The van der Waals surface area contributed by atoms with E-state index < -0.39 is 11.4 Å². The number of carboxylic acid groups (broad SMARTS) is 1. The molecule has 1 N–H and O–H groups in total. The Morgan fingerprint density at radius 2 is 2.41 bits per heavy atom. The number of carbonyl (C=O) groups is 1. The van der Waals surface area contributed by atoms with Crippen molar-refractivity contribution >= 4 is 28.9 Å². The molecule has 92 valence electrons. The zero-order valence-electron chi connectivity index (χ0n) is 9.19. The monoisotopic (exact) mass is 272 g/mol. The number of rotatable bonds is 3. The van der Waals surface area contributed by atoms with Crippen LogP contribution in [0.2, 0.25) is 4.34 Å². The molecular formula is C12H13ClO3S. The first-order valence-corrected chi connectivity index (χ1v) is 6.93. The Morgan fingerprint density at radius 1 is 1.59 bits per heavy atom. The summed E-state index contributed by atoms with van der Waals surface area (Å²) >= 11 is 7.35. The first-order valence-electron chi connectivity index (χ1n) is 5.73. The van der Waals surface area contributed by atoms with E-state index in [-0.39, 0.29) is 12.2 Å². The molecule has 3 atom stereocenters. The molecule has 0 aromatic carbocycles. The van der Waals surface area contributed by atoms with Crippen molar-refractivity contribution in [3.8, 4) is 0 Å². The van der Waals surface area contributed by atoms with Gasteiger partial charge in [0.15, 0.2) is 0 Å². The number of fused-ring (bicyclic) bond motifs is 2. The predicted octanol–water partition coefficient (Wildman–Crippen LogP) is 2.97. The van der Waals surface area contributed by atoms with Gasteiger partial charge in [-0.15, -0.1) is 11.3 Å². The minimum absolute atomic E-state index is 0.120. The quantitative estimate of drug-likeness (QED) is 0.920. The second-order valence-electron chi connectivity index (χ2n) is 4.87. The molecular weight excluding hydrogens is 260 g/mol. The van der Waals surface area contributed by atoms with Crippen molar-refractivity contribution in [1.29, 1.82) is 0 Å². The van der Waals surface area contributed by atoms with Crippen molar-refractivity contribution in [2.75, 3.05) is 0 Å². The lowest BCUT2D eigenvalue weighted by molar-refractivity contribution is -0.152. The molecule has 0 radical (unpaired) electrons. The van der Waals surface area contributed by atoms with Gasteiger partial charge in [-0.1, -0.05) is 11.6 Å². The lowest BCUT2D eigenvalue weighted by Crippen LogP contribution is -2.42. The molecule has 3 unspecified atom stereocenters. The molecule has 17 heavy (non-hydrogen) atoms. The van der Waals surface area contributed by atoms with Crippen LogP contribution in [-0.4, -0.2) is 23.3 Å². The number of aliphatic carboxylic acids is 1. The van der Waals surface area contributed by atoms with E-state index in [0.29, 0.717) is 17.2 Å². The average Bonchev–Trinajstić information content (AvgIpc) is 2.94. The van der Waals surface area contributed by atoms with E-state index in [1.165, 1.54) is 11.3 Å². The van der Waals surface area contributed by atoms with Gasteiger partial charge in [0.05, 0.1) is 16.5 Å². The SMILES string of the molecule is O=C(O)C1(Cc2ccc(Cl)s2)CC2CCC1O2. The van der Waals surface area contributed by atoms with Gasteiger partial charge in [-0.05, 0) is 31.4 Å². The van der Waals surface area contributed by atoms with Gasteiger partial charge in [0.1, 0.15) is 5.41 Å². The van der Waals surface area contributed by atoms with Crippen LogP contribution < -0.4 is 0 Å². The first-order chi connectivity index (χ1) is 8.10. The second kappa shape index (κ2) is 3.97. The summed E-state index contributed by atoms with van der Waals surface area (Å²) < 4.78 is 6.43. The Hall–Kier alpha value is -0.580. The molecule has 0 amide bonds. The highest BCUT2D eigenvalue weighted by molar-refractivity contribution is 7.16. The van der Waals surface area contributed by atoms with Crippen LogP contribution in [0.15, 0.2) is 12.1 Å². The van der Waals surface area contributed by atoms with Gasteiger partial charge < -0.3 is 9.84 Å². The van der Waals surface area contributed by atoms with E-state index in [0.717, 1.165) is 17.7 Å². The van der Waals surface area contributed by atoms with E-state index in [1.807, 2.05) is 12.1 Å². The molecule has 0 spiro atoms. The molecule has 2 fully saturated rings. The Balaban J connectivity index is 1.89. The number of halogens is 1. The normalized spacial score (nSPS) is 35.4. The molecule has 1 aromatic rings. The van der Waals surface area contributed by atoms with Gasteiger partial charge in [-0.3, -0.25) is 4.79 Å². The maximum absolute atomic E-state index is 11.6. The fourth-order valence-electron chi connectivity index (χ4n) is 3.04. The summed E-state index contributed by atoms with van der Waals surface area (Å²) in [4.78, 5) is 12.7. The van der Waals surface area contributed by atoms with Crippen LogP contribution in [0.3, 0.4) is 0 Å². The second-order valence-corrected chi connectivity index (χ2v) is 6.67. The first kappa shape index (κ1) is 11.5. The molecule has 0 aliphatic carbocycles. The highest BCUT2D eigenvalue weighted by Gasteiger charge is 2.57. The third-order valence-corrected chi connectivity index (χ3v) is 5.09. The van der Waals surface area contributed by atoms with Crippen molar-refractivity contribution in [1.82, 2.24) is 0 Å². The minimum Gasteiger partial charge on any atom is -0.481 e. The van der Waals surface area contributed by atoms with Crippen LogP contribution >= 0.6 is 22.9 Å². The van der Waals surface area contributed by atoms with Gasteiger partial charge in [0.25, 0.3) is 0 Å². The van der Waals surface area contributed by atoms with Crippen LogP contribution in [0.1, 0.15) is 24.1 Å². The number of carboxylic acids is 1. The predicted molar refractivity (Wildman–Crippen MR) is 65.6 cm³/mol. The molecule has 0 saturated carbocycles. The van der Waals surface area contributed by atoms with Crippen molar-refractivity contribution in [2.45, 2.75) is 37.9 Å². The highest BCUT2D eigenvalue weighted by atomic mass is 35.5. The average molecular weight is 273 g/mol. The standard InChI is InChI=1S/C12H13ClO3S/c13-10-4-2-8(17-10)6-12(11(14)15)5-7-1-3-9(12)16-7/h2,4,7,9H,1,3,5-6H2,(H,14,15). The molecule has 3 nitrogen and oxygen atoms in total. The number of ether oxygens (including phenoxy) is 1. The summed E-state index contributed by atoms with van der Waals surface area (Å²) in [7, 11) is 0. The number of hydrogen-bond donors (Lipinski definition) is 1. The van der Waals surface area contributed by atoms with Gasteiger partial charge in [0, 0.05) is 11.3 Å². The van der Waals surface area contributed by atoms with Crippen LogP contribution in [0.5, 0.6) is 0 Å².